The highest BCUT2D eigenvalue weighted by Gasteiger charge is 2.46. The number of hydrogen-bond donors (Lipinski definition) is 2. The molecule has 4 atom stereocenters. The Morgan fingerprint density at radius 1 is 1.17 bits per heavy atom. The van der Waals surface area contributed by atoms with Gasteiger partial charge in [0.05, 0.1) is 18.3 Å². The number of aliphatic hydroxyl groups is 1. The lowest BCUT2D eigenvalue weighted by Gasteiger charge is -2.32. The number of rotatable bonds is 10. The maximum absolute atomic E-state index is 13.7. The van der Waals surface area contributed by atoms with Crippen LogP contribution in [0.5, 0.6) is 5.75 Å². The summed E-state index contributed by atoms with van der Waals surface area (Å²) >= 11 is 0. The van der Waals surface area contributed by atoms with E-state index in [0.29, 0.717) is 25.4 Å². The second-order valence-electron chi connectivity index (χ2n) is 11.8. The molecule has 2 N–H and O–H groups in total. The molecule has 218 valence electrons. The van der Waals surface area contributed by atoms with Gasteiger partial charge in [-0.25, -0.2) is 0 Å². The largest absolute Gasteiger partial charge is 0.512 e. The van der Waals surface area contributed by atoms with Crippen LogP contribution in [0.15, 0.2) is 78.6 Å². The minimum absolute atomic E-state index is 0.0130. The van der Waals surface area contributed by atoms with E-state index in [2.05, 4.69) is 64.9 Å². The van der Waals surface area contributed by atoms with Crippen LogP contribution < -0.4 is 10.1 Å². The van der Waals surface area contributed by atoms with E-state index in [4.69, 9.17) is 9.47 Å². The number of benzene rings is 2. The predicted octanol–water partition coefficient (Wildman–Crippen LogP) is 6.41. The lowest BCUT2D eigenvalue weighted by Crippen LogP contribution is -2.44. The molecule has 2 aromatic carbocycles. The summed E-state index contributed by atoms with van der Waals surface area (Å²) < 4.78 is 12.4. The van der Waals surface area contributed by atoms with E-state index in [1.54, 1.807) is 0 Å². The Bertz CT molecular complexity index is 1280. The molecule has 1 fully saturated rings. The third-order valence-corrected chi connectivity index (χ3v) is 8.24. The molecule has 2 aromatic rings. The first-order valence-corrected chi connectivity index (χ1v) is 15.1. The van der Waals surface area contributed by atoms with E-state index in [1.807, 2.05) is 39.0 Å². The van der Waals surface area contributed by atoms with Gasteiger partial charge in [-0.3, -0.25) is 9.69 Å². The molecule has 5 rings (SSSR count). The first kappa shape index (κ1) is 29.2. The van der Waals surface area contributed by atoms with Crippen molar-refractivity contribution in [2.75, 3.05) is 26.3 Å². The predicted molar refractivity (Wildman–Crippen MR) is 164 cm³/mol. The molecule has 1 amide bonds. The van der Waals surface area contributed by atoms with Gasteiger partial charge in [0.2, 0.25) is 5.91 Å². The lowest BCUT2D eigenvalue weighted by atomic mass is 9.76. The Kier molecular flexibility index (Phi) is 9.63. The van der Waals surface area contributed by atoms with Crippen molar-refractivity contribution in [1.82, 2.24) is 10.2 Å². The number of nitrogens with one attached hydrogen (secondary N) is 1. The van der Waals surface area contributed by atoms with E-state index >= 15 is 0 Å². The Morgan fingerprint density at radius 2 is 2.00 bits per heavy atom. The van der Waals surface area contributed by atoms with Crippen molar-refractivity contribution in [2.24, 2.45) is 11.8 Å². The zero-order valence-electron chi connectivity index (χ0n) is 24.6. The number of nitrogens with zero attached hydrogens (tertiary/aromatic N) is 1. The number of fused-ring (bicyclic) bond motifs is 1. The Balaban J connectivity index is 1.38. The number of carbonyl (C=O) groups excluding carboxylic acids is 1. The fourth-order valence-electron chi connectivity index (χ4n) is 6.45. The second kappa shape index (κ2) is 13.5. The van der Waals surface area contributed by atoms with Gasteiger partial charge in [0.25, 0.3) is 0 Å². The fraction of sp³-hybridized carbons (Fsp3) is 0.457. The summed E-state index contributed by atoms with van der Waals surface area (Å²) in [6.45, 7) is 9.75. The normalized spacial score (nSPS) is 25.3. The van der Waals surface area contributed by atoms with Gasteiger partial charge in [-0.15, -0.1) is 0 Å². The van der Waals surface area contributed by atoms with Crippen LogP contribution in [0, 0.1) is 11.8 Å². The van der Waals surface area contributed by atoms with Gasteiger partial charge in [-0.2, -0.15) is 0 Å². The second-order valence-corrected chi connectivity index (χ2v) is 11.8. The van der Waals surface area contributed by atoms with Crippen molar-refractivity contribution < 1.29 is 19.4 Å². The first-order valence-electron chi connectivity index (χ1n) is 15.1. The average Bonchev–Trinajstić information content (AvgIpc) is 3.32. The van der Waals surface area contributed by atoms with Crippen molar-refractivity contribution in [1.29, 1.82) is 0 Å². The molecule has 3 aliphatic rings. The van der Waals surface area contributed by atoms with E-state index < -0.39 is 5.92 Å². The van der Waals surface area contributed by atoms with E-state index in [9.17, 15) is 9.90 Å². The summed E-state index contributed by atoms with van der Waals surface area (Å²) in [6.07, 6.45) is 10.7. The maximum atomic E-state index is 13.7. The van der Waals surface area contributed by atoms with Crippen molar-refractivity contribution in [3.8, 4) is 5.75 Å². The summed E-state index contributed by atoms with van der Waals surface area (Å²) in [4.78, 5) is 16.1. The molecule has 1 heterocycles. The highest BCUT2D eigenvalue weighted by Crippen LogP contribution is 2.53. The zero-order valence-corrected chi connectivity index (χ0v) is 24.6. The maximum Gasteiger partial charge on any atom is 0.228 e. The van der Waals surface area contributed by atoms with Crippen LogP contribution >= 0.6 is 0 Å². The van der Waals surface area contributed by atoms with Gasteiger partial charge >= 0.3 is 0 Å². The van der Waals surface area contributed by atoms with Gasteiger partial charge in [0.1, 0.15) is 18.5 Å². The van der Waals surface area contributed by atoms with E-state index in [-0.39, 0.29) is 29.9 Å². The number of ether oxygens (including phenoxy) is 2. The van der Waals surface area contributed by atoms with Crippen LogP contribution in [0.3, 0.4) is 0 Å². The van der Waals surface area contributed by atoms with Gasteiger partial charge < -0.3 is 19.9 Å². The van der Waals surface area contributed by atoms with E-state index in [1.165, 1.54) is 5.56 Å². The lowest BCUT2D eigenvalue weighted by molar-refractivity contribution is -0.124. The number of morpholine rings is 1. The Morgan fingerprint density at radius 3 is 2.73 bits per heavy atom. The molecular weight excluding hydrogens is 512 g/mol. The number of carbonyl (C=O) groups is 1. The quantitative estimate of drug-likeness (QED) is 0.331. The van der Waals surface area contributed by atoms with Gasteiger partial charge in [0.15, 0.2) is 0 Å². The van der Waals surface area contributed by atoms with Gasteiger partial charge in [-0.05, 0) is 61.4 Å². The standard InChI is InChI=1S/C35H44N2O4/c1-4-11-31(38)33-30-20-27(41-23-28-22-37(18-19-40-28)21-25-12-7-5-8-13-25)16-17-29(30)32(26-14-9-6-10-15-26)34(33)35(39)36-24(2)3/h5-10,12-14,16-17,20,24,26,28,32,34,38H,4,11,15,18-19,21-23H2,1-3H3,(H,36,39)/b33-31+. The summed E-state index contributed by atoms with van der Waals surface area (Å²) in [5.41, 5.74) is 4.08. The molecule has 4 unspecified atom stereocenters. The first-order chi connectivity index (χ1) is 19.9. The highest BCUT2D eigenvalue weighted by atomic mass is 16.5. The molecule has 41 heavy (non-hydrogen) atoms. The van der Waals surface area contributed by atoms with Crippen molar-refractivity contribution in [2.45, 2.75) is 64.6 Å². The van der Waals surface area contributed by atoms with Gasteiger partial charge in [0, 0.05) is 43.6 Å². The highest BCUT2D eigenvalue weighted by molar-refractivity contribution is 5.97. The molecule has 0 spiro atoms. The topological polar surface area (TPSA) is 71.0 Å². The smallest absolute Gasteiger partial charge is 0.228 e. The summed E-state index contributed by atoms with van der Waals surface area (Å²) in [7, 11) is 0. The Hall–Kier alpha value is -3.35. The van der Waals surface area contributed by atoms with Crippen LogP contribution in [0.25, 0.3) is 5.57 Å². The molecule has 2 aliphatic carbocycles. The molecule has 0 aromatic heterocycles. The number of allylic oxidation sites excluding steroid dienone is 5. The molecule has 6 heteroatoms. The number of hydrogen-bond acceptors (Lipinski definition) is 5. The average molecular weight is 557 g/mol. The van der Waals surface area contributed by atoms with Crippen LogP contribution in [-0.2, 0) is 16.1 Å². The fourth-order valence-corrected chi connectivity index (χ4v) is 6.45. The van der Waals surface area contributed by atoms with Crippen molar-refractivity contribution >= 4 is 11.5 Å². The van der Waals surface area contributed by atoms with Crippen LogP contribution in [0.2, 0.25) is 0 Å². The molecule has 0 saturated carbocycles. The third-order valence-electron chi connectivity index (χ3n) is 8.24. The van der Waals surface area contributed by atoms with E-state index in [0.717, 1.165) is 54.9 Å². The Labute approximate surface area is 244 Å². The monoisotopic (exact) mass is 556 g/mol. The molecule has 1 saturated heterocycles. The molecule has 1 aliphatic heterocycles. The number of aliphatic hydroxyl groups excluding tert-OH is 1. The molecule has 0 radical (unpaired) electrons. The molecule has 0 bridgehead atoms. The van der Waals surface area contributed by atoms with Gasteiger partial charge in [-0.1, -0.05) is 67.6 Å². The molecule has 6 nitrogen and oxygen atoms in total. The van der Waals surface area contributed by atoms with Crippen LogP contribution in [0.4, 0.5) is 0 Å². The summed E-state index contributed by atoms with van der Waals surface area (Å²) in [6, 6.07) is 16.7. The number of amides is 1. The van der Waals surface area contributed by atoms with Crippen LogP contribution in [-0.4, -0.2) is 54.4 Å². The summed E-state index contributed by atoms with van der Waals surface area (Å²) in [5, 5.41) is 14.5. The zero-order chi connectivity index (χ0) is 28.8. The van der Waals surface area contributed by atoms with Crippen LogP contribution in [0.1, 0.15) is 62.6 Å². The minimum atomic E-state index is -0.455. The van der Waals surface area contributed by atoms with Crippen molar-refractivity contribution in [3.05, 3.63) is 95.3 Å². The third kappa shape index (κ3) is 6.94. The molecular formula is C35H44N2O4. The summed E-state index contributed by atoms with van der Waals surface area (Å²) in [5.74, 6) is 0.673. The minimum Gasteiger partial charge on any atom is -0.512 e. The SMILES string of the molecule is CCC/C(O)=C1/c2cc(OCC3CN(Cc4ccccc4)CCO3)ccc2C(C2C=CC=CC2)C1C(=O)NC(C)C. The van der Waals surface area contributed by atoms with Crippen molar-refractivity contribution in [3.63, 3.8) is 0 Å².